The Balaban J connectivity index is 1.13. The number of carbonyl (C=O) groups excluding carboxylic acids is 2. The molecule has 0 radical (unpaired) electrons. The van der Waals surface area contributed by atoms with Crippen LogP contribution in [0.4, 0.5) is 22.7 Å². The molecule has 3 aromatic carbocycles. The number of hydrogen-bond acceptors (Lipinski definition) is 6. The van der Waals surface area contributed by atoms with E-state index in [1.165, 1.54) is 5.69 Å². The molecule has 2 amide bonds. The van der Waals surface area contributed by atoms with Crippen molar-refractivity contribution in [1.29, 1.82) is 0 Å². The predicted molar refractivity (Wildman–Crippen MR) is 163 cm³/mol. The number of likely N-dealkylation sites (N-methyl/N-ethyl adjacent to an activating group) is 1. The Morgan fingerprint density at radius 3 is 2.56 bits per heavy atom. The fraction of sp³-hybridized carbons (Fsp3) is 0.250. The second kappa shape index (κ2) is 11.4. The van der Waals surface area contributed by atoms with E-state index in [-0.39, 0.29) is 11.8 Å². The molecule has 1 unspecified atom stereocenters. The fourth-order valence-corrected chi connectivity index (χ4v) is 5.29. The molecule has 3 N–H and O–H groups in total. The van der Waals surface area contributed by atoms with Gasteiger partial charge in [-0.25, -0.2) is 0 Å². The minimum absolute atomic E-state index is 0.0757. The van der Waals surface area contributed by atoms with Crippen LogP contribution in [0.2, 0.25) is 0 Å². The van der Waals surface area contributed by atoms with E-state index in [2.05, 4.69) is 60.9 Å². The maximum Gasteiger partial charge on any atom is 0.276 e. The van der Waals surface area contributed by atoms with Crippen molar-refractivity contribution in [3.8, 4) is 0 Å². The molecule has 3 heterocycles. The third kappa shape index (κ3) is 6.05. The summed E-state index contributed by atoms with van der Waals surface area (Å²) in [5.74, 6) is -0.789. The number of nitrogens with zero attached hydrogens (tertiary/aromatic N) is 4. The van der Waals surface area contributed by atoms with Crippen LogP contribution < -0.4 is 15.5 Å². The van der Waals surface area contributed by atoms with Crippen LogP contribution in [0.15, 0.2) is 77.8 Å². The van der Waals surface area contributed by atoms with Crippen molar-refractivity contribution in [2.24, 2.45) is 4.99 Å². The largest absolute Gasteiger partial charge is 0.369 e. The summed E-state index contributed by atoms with van der Waals surface area (Å²) in [5.41, 5.74) is 7.76. The molecule has 9 heteroatoms. The zero-order valence-corrected chi connectivity index (χ0v) is 23.2. The molecule has 0 aliphatic carbocycles. The second-order valence-corrected chi connectivity index (χ2v) is 10.7. The van der Waals surface area contributed by atoms with Crippen LogP contribution >= 0.6 is 0 Å². The summed E-state index contributed by atoms with van der Waals surface area (Å²) in [6.45, 7) is 6.01. The molecule has 2 aliphatic rings. The Hall–Kier alpha value is -4.76. The average Bonchev–Trinajstić information content (AvgIpc) is 3.55. The van der Waals surface area contributed by atoms with Crippen molar-refractivity contribution in [2.45, 2.75) is 19.3 Å². The quantitative estimate of drug-likeness (QED) is 0.290. The molecule has 1 aromatic heterocycles. The van der Waals surface area contributed by atoms with Crippen LogP contribution in [0.5, 0.6) is 0 Å². The zero-order valence-electron chi connectivity index (χ0n) is 23.2. The summed E-state index contributed by atoms with van der Waals surface area (Å²) in [5, 5.41) is 12.7. The number of aromatic nitrogens is 2. The molecule has 1 saturated heterocycles. The number of piperazine rings is 1. The third-order valence-corrected chi connectivity index (χ3v) is 7.61. The number of anilines is 3. The molecular weight excluding hydrogens is 514 g/mol. The van der Waals surface area contributed by atoms with Gasteiger partial charge in [0, 0.05) is 55.1 Å². The molecule has 0 saturated carbocycles. The zero-order chi connectivity index (χ0) is 28.3. The minimum atomic E-state index is -0.454. The highest BCUT2D eigenvalue weighted by atomic mass is 16.2. The maximum absolute atomic E-state index is 12.8. The SMILES string of the molecule is Cc1cc(C(=O)Nc2cccc(Cc3ccc4c(c3)C(C=Nc3ccc(N5CCN(C)CC5)cc3)C(=O)N4)c2)n[nH]1. The van der Waals surface area contributed by atoms with E-state index in [1.54, 1.807) is 12.3 Å². The first-order valence-electron chi connectivity index (χ1n) is 13.8. The van der Waals surface area contributed by atoms with Crippen molar-refractivity contribution in [1.82, 2.24) is 15.1 Å². The van der Waals surface area contributed by atoms with Gasteiger partial charge in [-0.2, -0.15) is 5.10 Å². The summed E-state index contributed by atoms with van der Waals surface area (Å²) < 4.78 is 0. The molecule has 6 rings (SSSR count). The number of aromatic amines is 1. The number of aryl methyl sites for hydroxylation is 1. The average molecular weight is 548 g/mol. The van der Waals surface area contributed by atoms with E-state index in [1.807, 2.05) is 55.5 Å². The maximum atomic E-state index is 12.8. The Morgan fingerprint density at radius 2 is 1.80 bits per heavy atom. The molecule has 0 spiro atoms. The van der Waals surface area contributed by atoms with Crippen LogP contribution in [0, 0.1) is 6.92 Å². The van der Waals surface area contributed by atoms with Crippen LogP contribution in [0.3, 0.4) is 0 Å². The van der Waals surface area contributed by atoms with Crippen LogP contribution in [-0.2, 0) is 11.2 Å². The first-order valence-corrected chi connectivity index (χ1v) is 13.8. The number of aliphatic imine (C=N–C) groups is 1. The van der Waals surface area contributed by atoms with Gasteiger partial charge in [0.1, 0.15) is 5.92 Å². The third-order valence-electron chi connectivity index (χ3n) is 7.61. The molecule has 0 bridgehead atoms. The highest BCUT2D eigenvalue weighted by molar-refractivity contribution is 6.12. The Labute approximate surface area is 239 Å². The van der Waals surface area contributed by atoms with E-state index < -0.39 is 5.92 Å². The molecule has 2 aliphatic heterocycles. The normalized spacial score (nSPS) is 17.1. The van der Waals surface area contributed by atoms with E-state index >= 15 is 0 Å². The first-order chi connectivity index (χ1) is 19.9. The van der Waals surface area contributed by atoms with Crippen molar-refractivity contribution in [3.63, 3.8) is 0 Å². The van der Waals surface area contributed by atoms with E-state index in [0.717, 1.165) is 59.9 Å². The summed E-state index contributed by atoms with van der Waals surface area (Å²) in [6, 6.07) is 23.7. The predicted octanol–water partition coefficient (Wildman–Crippen LogP) is 4.75. The van der Waals surface area contributed by atoms with Gasteiger partial charge >= 0.3 is 0 Å². The number of benzene rings is 3. The molecule has 1 fully saturated rings. The molecular formula is C32H33N7O2. The standard InChI is InChI=1S/C32H33N7O2/c1-21-16-30(37-36-21)32(41)34-25-5-3-4-22(18-25)17-23-6-11-29-27(19-23)28(31(40)35-29)20-33-24-7-9-26(10-8-24)39-14-12-38(2)13-15-39/h3-11,16,18-20,28H,12-15,17H2,1-2H3,(H,34,41)(H,35,40)(H,36,37). The Kier molecular flexibility index (Phi) is 7.35. The molecule has 9 nitrogen and oxygen atoms in total. The number of carbonyl (C=O) groups is 2. The highest BCUT2D eigenvalue weighted by Crippen LogP contribution is 2.33. The fourth-order valence-electron chi connectivity index (χ4n) is 5.29. The smallest absolute Gasteiger partial charge is 0.276 e. The molecule has 208 valence electrons. The van der Waals surface area contributed by atoms with Crippen molar-refractivity contribution in [3.05, 3.63) is 101 Å². The summed E-state index contributed by atoms with van der Waals surface area (Å²) >= 11 is 0. The van der Waals surface area contributed by atoms with Crippen molar-refractivity contribution in [2.75, 3.05) is 48.8 Å². The number of amides is 2. The lowest BCUT2D eigenvalue weighted by Crippen LogP contribution is -2.44. The van der Waals surface area contributed by atoms with Gasteiger partial charge in [0.2, 0.25) is 5.91 Å². The van der Waals surface area contributed by atoms with E-state index in [4.69, 9.17) is 0 Å². The number of H-pyrrole nitrogens is 1. The summed E-state index contributed by atoms with van der Waals surface area (Å²) in [4.78, 5) is 34.7. The monoisotopic (exact) mass is 547 g/mol. The topological polar surface area (TPSA) is 106 Å². The minimum Gasteiger partial charge on any atom is -0.369 e. The number of fused-ring (bicyclic) bond motifs is 1. The van der Waals surface area contributed by atoms with Gasteiger partial charge in [0.05, 0.1) is 5.69 Å². The van der Waals surface area contributed by atoms with Gasteiger partial charge in [-0.1, -0.05) is 24.3 Å². The lowest BCUT2D eigenvalue weighted by molar-refractivity contribution is -0.115. The second-order valence-electron chi connectivity index (χ2n) is 10.7. The van der Waals surface area contributed by atoms with Crippen LogP contribution in [0.25, 0.3) is 0 Å². The Morgan fingerprint density at radius 1 is 1.02 bits per heavy atom. The summed E-state index contributed by atoms with van der Waals surface area (Å²) in [7, 11) is 2.15. The van der Waals surface area contributed by atoms with E-state index in [9.17, 15) is 9.59 Å². The number of rotatable bonds is 7. The highest BCUT2D eigenvalue weighted by Gasteiger charge is 2.29. The number of nitrogens with one attached hydrogen (secondary N) is 3. The van der Waals surface area contributed by atoms with Crippen molar-refractivity contribution >= 4 is 40.8 Å². The lowest BCUT2D eigenvalue weighted by Gasteiger charge is -2.34. The molecule has 1 atom stereocenters. The van der Waals surface area contributed by atoms with E-state index in [0.29, 0.717) is 17.8 Å². The molecule has 4 aromatic rings. The summed E-state index contributed by atoms with van der Waals surface area (Å²) in [6.07, 6.45) is 2.40. The van der Waals surface area contributed by atoms with Gasteiger partial charge in [0.25, 0.3) is 5.91 Å². The Bertz CT molecular complexity index is 1600. The number of hydrogen-bond donors (Lipinski definition) is 3. The van der Waals surface area contributed by atoms with Gasteiger partial charge in [-0.15, -0.1) is 0 Å². The molecule has 41 heavy (non-hydrogen) atoms. The van der Waals surface area contributed by atoms with Gasteiger partial charge < -0.3 is 20.4 Å². The van der Waals surface area contributed by atoms with Gasteiger partial charge in [0.15, 0.2) is 5.69 Å². The van der Waals surface area contributed by atoms with Crippen molar-refractivity contribution < 1.29 is 9.59 Å². The van der Waals surface area contributed by atoms with Gasteiger partial charge in [-0.3, -0.25) is 19.7 Å². The van der Waals surface area contributed by atoms with Crippen LogP contribution in [-0.4, -0.2) is 66.4 Å². The lowest BCUT2D eigenvalue weighted by atomic mass is 9.96. The first kappa shape index (κ1) is 26.5. The van der Waals surface area contributed by atoms with Gasteiger partial charge in [-0.05, 0) is 85.6 Å². The van der Waals surface area contributed by atoms with Crippen LogP contribution in [0.1, 0.15) is 38.8 Å².